The van der Waals surface area contributed by atoms with Crippen molar-refractivity contribution in [2.75, 3.05) is 13.1 Å². The zero-order chi connectivity index (χ0) is 15.4. The Morgan fingerprint density at radius 3 is 2.20 bits per heavy atom. The van der Waals surface area contributed by atoms with Gasteiger partial charge in [0.25, 0.3) is 0 Å². The van der Waals surface area contributed by atoms with Gasteiger partial charge in [-0.2, -0.15) is 0 Å². The maximum absolute atomic E-state index is 12.6. The SMILES string of the molecule is CCC1CCC(CN)(N(CC)C(=O)NC(C)(C)C)CC1. The number of nitrogens with one attached hydrogen (secondary N) is 1. The molecule has 0 atom stereocenters. The number of amides is 2. The third-order valence-electron chi connectivity index (χ3n) is 4.61. The Balaban J connectivity index is 2.82. The van der Waals surface area contributed by atoms with E-state index in [-0.39, 0.29) is 17.1 Å². The topological polar surface area (TPSA) is 58.4 Å². The van der Waals surface area contributed by atoms with Gasteiger partial charge in [-0.1, -0.05) is 13.3 Å². The van der Waals surface area contributed by atoms with Crippen molar-refractivity contribution in [3.05, 3.63) is 0 Å². The highest BCUT2D eigenvalue weighted by Gasteiger charge is 2.41. The van der Waals surface area contributed by atoms with Crippen LogP contribution in [0.4, 0.5) is 4.79 Å². The number of carbonyl (C=O) groups is 1. The van der Waals surface area contributed by atoms with Crippen LogP contribution in [0.5, 0.6) is 0 Å². The van der Waals surface area contributed by atoms with Gasteiger partial charge in [0, 0.05) is 18.6 Å². The van der Waals surface area contributed by atoms with Gasteiger partial charge in [0.15, 0.2) is 0 Å². The highest BCUT2D eigenvalue weighted by Crippen LogP contribution is 2.37. The van der Waals surface area contributed by atoms with Gasteiger partial charge >= 0.3 is 6.03 Å². The lowest BCUT2D eigenvalue weighted by molar-refractivity contribution is 0.0685. The molecule has 0 spiro atoms. The molecule has 0 aromatic carbocycles. The summed E-state index contributed by atoms with van der Waals surface area (Å²) in [4.78, 5) is 14.5. The molecule has 0 saturated heterocycles. The Hall–Kier alpha value is -0.770. The lowest BCUT2D eigenvalue weighted by Crippen LogP contribution is -2.62. The van der Waals surface area contributed by atoms with Crippen LogP contribution >= 0.6 is 0 Å². The van der Waals surface area contributed by atoms with E-state index in [0.717, 1.165) is 25.3 Å². The third kappa shape index (κ3) is 4.11. The molecule has 0 aliphatic heterocycles. The summed E-state index contributed by atoms with van der Waals surface area (Å²) in [5, 5.41) is 3.08. The molecule has 0 aromatic rings. The summed E-state index contributed by atoms with van der Waals surface area (Å²) in [7, 11) is 0. The molecule has 0 unspecified atom stereocenters. The number of carbonyl (C=O) groups excluding carboxylic acids is 1. The fourth-order valence-corrected chi connectivity index (χ4v) is 3.29. The van der Waals surface area contributed by atoms with E-state index in [1.165, 1.54) is 19.3 Å². The van der Waals surface area contributed by atoms with Crippen molar-refractivity contribution in [3.63, 3.8) is 0 Å². The number of hydrogen-bond acceptors (Lipinski definition) is 2. The Bertz CT molecular complexity index is 314. The second kappa shape index (κ2) is 6.79. The molecule has 1 aliphatic carbocycles. The monoisotopic (exact) mass is 283 g/mol. The van der Waals surface area contributed by atoms with Crippen LogP contribution < -0.4 is 11.1 Å². The van der Waals surface area contributed by atoms with Gasteiger partial charge in [-0.3, -0.25) is 0 Å². The van der Waals surface area contributed by atoms with Crippen LogP contribution in [-0.4, -0.2) is 35.1 Å². The molecule has 0 radical (unpaired) electrons. The molecule has 118 valence electrons. The Morgan fingerprint density at radius 1 is 1.30 bits per heavy atom. The molecule has 20 heavy (non-hydrogen) atoms. The molecule has 1 aliphatic rings. The van der Waals surface area contributed by atoms with E-state index in [1.54, 1.807) is 0 Å². The van der Waals surface area contributed by atoms with Crippen molar-refractivity contribution in [2.45, 2.75) is 77.8 Å². The Kier molecular flexibility index (Phi) is 5.87. The second-order valence-electron chi connectivity index (χ2n) is 7.20. The first-order valence-corrected chi connectivity index (χ1v) is 8.08. The highest BCUT2D eigenvalue weighted by atomic mass is 16.2. The van der Waals surface area contributed by atoms with E-state index >= 15 is 0 Å². The van der Waals surface area contributed by atoms with Crippen molar-refractivity contribution in [1.29, 1.82) is 0 Å². The van der Waals surface area contributed by atoms with Gasteiger partial charge < -0.3 is 16.0 Å². The Morgan fingerprint density at radius 2 is 1.85 bits per heavy atom. The maximum Gasteiger partial charge on any atom is 0.318 e. The summed E-state index contributed by atoms with van der Waals surface area (Å²) in [6.07, 6.45) is 5.68. The minimum Gasteiger partial charge on any atom is -0.333 e. The number of nitrogens with two attached hydrogens (primary N) is 1. The predicted octanol–water partition coefficient (Wildman–Crippen LogP) is 3.11. The molecule has 2 amide bonds. The average molecular weight is 283 g/mol. The molecule has 0 heterocycles. The first-order valence-electron chi connectivity index (χ1n) is 8.08. The van der Waals surface area contributed by atoms with E-state index in [1.807, 2.05) is 32.6 Å². The van der Waals surface area contributed by atoms with Crippen molar-refractivity contribution in [2.24, 2.45) is 11.7 Å². The molecule has 1 fully saturated rings. The van der Waals surface area contributed by atoms with Gasteiger partial charge in [0.2, 0.25) is 0 Å². The maximum atomic E-state index is 12.6. The predicted molar refractivity (Wildman–Crippen MR) is 84.7 cm³/mol. The average Bonchev–Trinajstić information content (AvgIpc) is 2.38. The quantitative estimate of drug-likeness (QED) is 0.833. The fraction of sp³-hybridized carbons (Fsp3) is 0.938. The van der Waals surface area contributed by atoms with Crippen molar-refractivity contribution < 1.29 is 4.79 Å². The Labute approximate surface area is 124 Å². The van der Waals surface area contributed by atoms with Crippen LogP contribution in [0.1, 0.15) is 66.7 Å². The molecule has 4 heteroatoms. The van der Waals surface area contributed by atoms with Crippen LogP contribution in [0, 0.1) is 5.92 Å². The van der Waals surface area contributed by atoms with Gasteiger partial charge in [0.1, 0.15) is 0 Å². The molecule has 0 bridgehead atoms. The number of hydrogen-bond donors (Lipinski definition) is 2. The fourth-order valence-electron chi connectivity index (χ4n) is 3.29. The third-order valence-corrected chi connectivity index (χ3v) is 4.61. The number of likely N-dealkylation sites (N-methyl/N-ethyl adjacent to an activating group) is 1. The zero-order valence-electron chi connectivity index (χ0n) is 14.0. The molecule has 1 rings (SSSR count). The number of urea groups is 1. The summed E-state index contributed by atoms with van der Waals surface area (Å²) < 4.78 is 0. The molecule has 3 N–H and O–H groups in total. The minimum absolute atomic E-state index is 0.0281. The van der Waals surface area contributed by atoms with Crippen molar-refractivity contribution in [1.82, 2.24) is 10.2 Å². The van der Waals surface area contributed by atoms with E-state index < -0.39 is 0 Å². The standard InChI is InChI=1S/C16H33N3O/c1-6-13-8-10-16(12-17,11-9-13)19(7-2)14(20)18-15(3,4)5/h13H,6-12,17H2,1-5H3,(H,18,20). The minimum atomic E-state index is -0.207. The second-order valence-corrected chi connectivity index (χ2v) is 7.20. The first-order chi connectivity index (χ1) is 9.28. The summed E-state index contributed by atoms with van der Waals surface area (Å²) in [5.41, 5.74) is 5.73. The van der Waals surface area contributed by atoms with Crippen LogP contribution in [-0.2, 0) is 0 Å². The van der Waals surface area contributed by atoms with E-state index in [2.05, 4.69) is 12.2 Å². The van der Waals surface area contributed by atoms with E-state index in [0.29, 0.717) is 6.54 Å². The van der Waals surface area contributed by atoms with E-state index in [4.69, 9.17) is 5.73 Å². The smallest absolute Gasteiger partial charge is 0.318 e. The van der Waals surface area contributed by atoms with Gasteiger partial charge in [0.05, 0.1) is 5.54 Å². The van der Waals surface area contributed by atoms with Gasteiger partial charge in [-0.25, -0.2) is 4.79 Å². The highest BCUT2D eigenvalue weighted by molar-refractivity contribution is 5.76. The van der Waals surface area contributed by atoms with Crippen LogP contribution in [0.25, 0.3) is 0 Å². The zero-order valence-corrected chi connectivity index (χ0v) is 14.0. The summed E-state index contributed by atoms with van der Waals surface area (Å²) in [6, 6.07) is 0.0281. The van der Waals surface area contributed by atoms with E-state index in [9.17, 15) is 4.79 Å². The summed E-state index contributed by atoms with van der Waals surface area (Å²) in [5.74, 6) is 0.805. The molecular weight excluding hydrogens is 250 g/mol. The van der Waals surface area contributed by atoms with Gasteiger partial charge in [-0.05, 0) is 59.3 Å². The number of nitrogens with zero attached hydrogens (tertiary/aromatic N) is 1. The van der Waals surface area contributed by atoms with Crippen molar-refractivity contribution in [3.8, 4) is 0 Å². The van der Waals surface area contributed by atoms with Crippen LogP contribution in [0.3, 0.4) is 0 Å². The normalized spacial score (nSPS) is 27.2. The van der Waals surface area contributed by atoms with Crippen molar-refractivity contribution >= 4 is 6.03 Å². The molecule has 1 saturated carbocycles. The number of rotatable bonds is 4. The molecule has 0 aromatic heterocycles. The van der Waals surface area contributed by atoms with Crippen LogP contribution in [0.2, 0.25) is 0 Å². The summed E-state index contributed by atoms with van der Waals surface area (Å²) >= 11 is 0. The largest absolute Gasteiger partial charge is 0.333 e. The molecule has 4 nitrogen and oxygen atoms in total. The summed E-state index contributed by atoms with van der Waals surface area (Å²) in [6.45, 7) is 11.6. The molecular formula is C16H33N3O. The lowest BCUT2D eigenvalue weighted by atomic mass is 9.74. The first kappa shape index (κ1) is 17.3. The van der Waals surface area contributed by atoms with Crippen LogP contribution in [0.15, 0.2) is 0 Å². The lowest BCUT2D eigenvalue weighted by Gasteiger charge is -2.47. The van der Waals surface area contributed by atoms with Gasteiger partial charge in [-0.15, -0.1) is 0 Å².